The third-order valence-electron chi connectivity index (χ3n) is 1.51. The maximum absolute atomic E-state index is 5.82. The van der Waals surface area contributed by atoms with Crippen molar-refractivity contribution in [3.8, 4) is 0 Å². The number of nitrogens with zero attached hydrogens (tertiary/aromatic N) is 2. The normalized spacial score (nSPS) is 10.9. The maximum Gasteiger partial charge on any atom is 0.204 e. The molecule has 2 heterocycles. The van der Waals surface area contributed by atoms with Crippen molar-refractivity contribution in [1.82, 2.24) is 10.1 Å². The largest absolute Gasteiger partial charge is 0.353 e. The van der Waals surface area contributed by atoms with E-state index in [2.05, 4.69) is 10.1 Å². The van der Waals surface area contributed by atoms with Gasteiger partial charge in [-0.15, -0.1) is 0 Å². The summed E-state index contributed by atoms with van der Waals surface area (Å²) in [6.07, 6.45) is 0. The minimum absolute atomic E-state index is 0.346. The quantitative estimate of drug-likeness (QED) is 0.618. The Morgan fingerprint density at radius 1 is 1.42 bits per heavy atom. The molecule has 2 aromatic heterocycles. The Balaban J connectivity index is 2.92. The zero-order valence-corrected chi connectivity index (χ0v) is 7.65. The van der Waals surface area contributed by atoms with Crippen molar-refractivity contribution >= 4 is 34.3 Å². The predicted octanol–water partition coefficient (Wildman–Crippen LogP) is 2.84. The summed E-state index contributed by atoms with van der Waals surface area (Å²) in [7, 11) is 0. The van der Waals surface area contributed by atoms with Crippen LogP contribution in [0.4, 0.5) is 0 Å². The lowest BCUT2D eigenvalue weighted by Crippen LogP contribution is -1.78. The molecule has 0 saturated heterocycles. The summed E-state index contributed by atoms with van der Waals surface area (Å²) in [5.41, 5.74) is 1.79. The molecule has 0 atom stereocenters. The zero-order valence-electron chi connectivity index (χ0n) is 6.14. The first-order valence-corrected chi connectivity index (χ1v) is 4.02. The number of aryl methyl sites for hydroxylation is 1. The van der Waals surface area contributed by atoms with Crippen LogP contribution in [0.5, 0.6) is 0 Å². The van der Waals surface area contributed by atoms with E-state index in [1.807, 2.05) is 0 Å². The molecule has 2 aromatic rings. The summed E-state index contributed by atoms with van der Waals surface area (Å²) >= 11 is 11.5. The molecular formula is C7H4Cl2N2O. The summed E-state index contributed by atoms with van der Waals surface area (Å²) in [4.78, 5) is 4.02. The second kappa shape index (κ2) is 2.61. The predicted molar refractivity (Wildman–Crippen MR) is 46.6 cm³/mol. The highest BCUT2D eigenvalue weighted by molar-refractivity contribution is 6.37. The minimum Gasteiger partial charge on any atom is -0.353 e. The maximum atomic E-state index is 5.82. The van der Waals surface area contributed by atoms with E-state index in [0.29, 0.717) is 27.0 Å². The van der Waals surface area contributed by atoms with Gasteiger partial charge < -0.3 is 4.52 Å². The van der Waals surface area contributed by atoms with E-state index in [9.17, 15) is 0 Å². The van der Waals surface area contributed by atoms with E-state index in [-0.39, 0.29) is 0 Å². The summed E-state index contributed by atoms with van der Waals surface area (Å²) in [6.45, 7) is 1.78. The highest BCUT2D eigenvalue weighted by atomic mass is 35.5. The molecular weight excluding hydrogens is 199 g/mol. The molecule has 0 aromatic carbocycles. The van der Waals surface area contributed by atoms with Gasteiger partial charge in [0, 0.05) is 0 Å². The summed E-state index contributed by atoms with van der Waals surface area (Å²) < 4.78 is 4.93. The standard InChI is InChI=1S/C7H4Cl2N2O/c1-3-6-7(12-11-3)4(8)2-5(9)10-6/h2H,1H3. The molecule has 3 nitrogen and oxygen atoms in total. The topological polar surface area (TPSA) is 38.9 Å². The average molecular weight is 203 g/mol. The molecule has 0 amide bonds. The van der Waals surface area contributed by atoms with E-state index in [4.69, 9.17) is 27.7 Å². The Labute approximate surface area is 78.3 Å². The fourth-order valence-electron chi connectivity index (χ4n) is 0.962. The smallest absolute Gasteiger partial charge is 0.204 e. The van der Waals surface area contributed by atoms with Crippen LogP contribution in [0, 0.1) is 6.92 Å². The van der Waals surface area contributed by atoms with E-state index in [1.165, 1.54) is 6.07 Å². The van der Waals surface area contributed by atoms with Gasteiger partial charge in [-0.1, -0.05) is 28.4 Å². The van der Waals surface area contributed by atoms with Gasteiger partial charge in [-0.2, -0.15) is 0 Å². The van der Waals surface area contributed by atoms with E-state index >= 15 is 0 Å². The lowest BCUT2D eigenvalue weighted by Gasteiger charge is -1.91. The number of hydrogen-bond donors (Lipinski definition) is 0. The van der Waals surface area contributed by atoms with Crippen LogP contribution in [0.1, 0.15) is 5.69 Å². The first-order chi connectivity index (χ1) is 5.68. The van der Waals surface area contributed by atoms with Gasteiger partial charge in [0.1, 0.15) is 16.4 Å². The van der Waals surface area contributed by atoms with Crippen molar-refractivity contribution in [3.63, 3.8) is 0 Å². The van der Waals surface area contributed by atoms with Crippen molar-refractivity contribution in [2.45, 2.75) is 6.92 Å². The lowest BCUT2D eigenvalue weighted by molar-refractivity contribution is 0.450. The molecule has 12 heavy (non-hydrogen) atoms. The Morgan fingerprint density at radius 2 is 2.17 bits per heavy atom. The molecule has 0 spiro atoms. The number of fused-ring (bicyclic) bond motifs is 1. The summed E-state index contributed by atoms with van der Waals surface area (Å²) in [6, 6.07) is 1.52. The Bertz CT molecular complexity index is 438. The van der Waals surface area contributed by atoms with Crippen molar-refractivity contribution in [2.24, 2.45) is 0 Å². The molecule has 2 rings (SSSR count). The van der Waals surface area contributed by atoms with Gasteiger partial charge in [-0.05, 0) is 13.0 Å². The van der Waals surface area contributed by atoms with E-state index in [1.54, 1.807) is 6.92 Å². The van der Waals surface area contributed by atoms with Gasteiger partial charge >= 0.3 is 0 Å². The van der Waals surface area contributed by atoms with Gasteiger partial charge in [0.15, 0.2) is 0 Å². The van der Waals surface area contributed by atoms with Crippen LogP contribution < -0.4 is 0 Å². The first kappa shape index (κ1) is 7.83. The zero-order chi connectivity index (χ0) is 8.72. The van der Waals surface area contributed by atoms with Gasteiger partial charge in [0.2, 0.25) is 5.58 Å². The number of hydrogen-bond acceptors (Lipinski definition) is 3. The van der Waals surface area contributed by atoms with Crippen molar-refractivity contribution in [2.75, 3.05) is 0 Å². The second-order valence-electron chi connectivity index (χ2n) is 2.37. The van der Waals surface area contributed by atoms with Crippen molar-refractivity contribution < 1.29 is 4.52 Å². The SMILES string of the molecule is Cc1noc2c(Cl)cc(Cl)nc12. The Kier molecular flexibility index (Phi) is 1.70. The highest BCUT2D eigenvalue weighted by Crippen LogP contribution is 2.26. The van der Waals surface area contributed by atoms with Crippen LogP contribution in [-0.2, 0) is 0 Å². The monoisotopic (exact) mass is 202 g/mol. The highest BCUT2D eigenvalue weighted by Gasteiger charge is 2.10. The van der Waals surface area contributed by atoms with Crippen LogP contribution >= 0.6 is 23.2 Å². The van der Waals surface area contributed by atoms with E-state index in [0.717, 1.165) is 0 Å². The third kappa shape index (κ3) is 1.06. The number of aromatic nitrogens is 2. The number of pyridine rings is 1. The molecule has 0 aliphatic heterocycles. The molecule has 0 N–H and O–H groups in total. The summed E-state index contributed by atoms with van der Waals surface area (Å²) in [5, 5.41) is 4.50. The third-order valence-corrected chi connectivity index (χ3v) is 1.99. The molecule has 0 radical (unpaired) electrons. The minimum atomic E-state index is 0.346. The Morgan fingerprint density at radius 3 is 2.92 bits per heavy atom. The van der Waals surface area contributed by atoms with Gasteiger partial charge in [0.25, 0.3) is 0 Å². The fraction of sp³-hybridized carbons (Fsp3) is 0.143. The number of halogens is 2. The van der Waals surface area contributed by atoms with Crippen molar-refractivity contribution in [1.29, 1.82) is 0 Å². The summed E-state index contributed by atoms with van der Waals surface area (Å²) in [5.74, 6) is 0. The van der Waals surface area contributed by atoms with Crippen molar-refractivity contribution in [3.05, 3.63) is 21.9 Å². The van der Waals surface area contributed by atoms with Crippen LogP contribution in [-0.4, -0.2) is 10.1 Å². The van der Waals surface area contributed by atoms with E-state index < -0.39 is 0 Å². The van der Waals surface area contributed by atoms with Crippen LogP contribution in [0.3, 0.4) is 0 Å². The molecule has 0 bridgehead atoms. The van der Waals surface area contributed by atoms with Gasteiger partial charge in [-0.25, -0.2) is 4.98 Å². The second-order valence-corrected chi connectivity index (χ2v) is 3.17. The van der Waals surface area contributed by atoms with Crippen LogP contribution in [0.2, 0.25) is 10.2 Å². The molecule has 0 fully saturated rings. The van der Waals surface area contributed by atoms with Crippen LogP contribution in [0.25, 0.3) is 11.1 Å². The molecule has 0 aliphatic rings. The van der Waals surface area contributed by atoms with Crippen LogP contribution in [0.15, 0.2) is 10.6 Å². The number of rotatable bonds is 0. The van der Waals surface area contributed by atoms with Gasteiger partial charge in [-0.3, -0.25) is 0 Å². The lowest BCUT2D eigenvalue weighted by atomic mass is 10.3. The molecule has 0 unspecified atom stereocenters. The molecule has 0 saturated carbocycles. The van der Waals surface area contributed by atoms with Gasteiger partial charge in [0.05, 0.1) is 5.02 Å². The fourth-order valence-corrected chi connectivity index (χ4v) is 1.44. The average Bonchev–Trinajstić information content (AvgIpc) is 2.33. The Hall–Kier alpha value is -0.800. The molecule has 0 aliphatic carbocycles. The molecule has 5 heteroatoms. The first-order valence-electron chi connectivity index (χ1n) is 3.26. The molecule has 62 valence electrons.